The van der Waals surface area contributed by atoms with Crippen molar-refractivity contribution in [3.8, 4) is 11.5 Å². The highest BCUT2D eigenvalue weighted by atomic mass is 79.9. The molecule has 6 nitrogen and oxygen atoms in total. The Bertz CT molecular complexity index is 518. The van der Waals surface area contributed by atoms with Crippen LogP contribution in [0.15, 0.2) is 16.6 Å². The van der Waals surface area contributed by atoms with Crippen LogP contribution in [0.3, 0.4) is 0 Å². The van der Waals surface area contributed by atoms with Crippen molar-refractivity contribution in [3.05, 3.63) is 22.2 Å². The Labute approximate surface area is 131 Å². The number of hydrogen-bond acceptors (Lipinski definition) is 4. The van der Waals surface area contributed by atoms with Crippen molar-refractivity contribution in [1.82, 2.24) is 5.32 Å². The standard InChI is InChI=1S/C14H18BrNO5/c1-20-11-8-9(7-10(15)14(11)21-2)5-6-16-12(17)3-4-13(18)19/h7-8H,3-6H2,1-2H3,(H,16,17)(H,18,19). The molecule has 1 aromatic rings. The molecule has 0 spiro atoms. The summed E-state index contributed by atoms with van der Waals surface area (Å²) in [5.74, 6) is -0.0169. The molecule has 2 N–H and O–H groups in total. The van der Waals surface area contributed by atoms with E-state index < -0.39 is 5.97 Å². The number of carbonyl (C=O) groups is 2. The summed E-state index contributed by atoms with van der Waals surface area (Å²) in [6.07, 6.45) is 0.441. The van der Waals surface area contributed by atoms with Crippen LogP contribution in [0.5, 0.6) is 11.5 Å². The second-order valence-electron chi connectivity index (χ2n) is 4.31. The lowest BCUT2D eigenvalue weighted by Gasteiger charge is -2.12. The maximum atomic E-state index is 11.4. The lowest BCUT2D eigenvalue weighted by molar-refractivity contribution is -0.138. The van der Waals surface area contributed by atoms with Gasteiger partial charge in [0, 0.05) is 13.0 Å². The molecule has 0 aliphatic rings. The third-order valence-corrected chi connectivity index (χ3v) is 3.38. The van der Waals surface area contributed by atoms with Crippen molar-refractivity contribution in [2.75, 3.05) is 20.8 Å². The number of hydrogen-bond donors (Lipinski definition) is 2. The summed E-state index contributed by atoms with van der Waals surface area (Å²) in [6.45, 7) is 0.431. The largest absolute Gasteiger partial charge is 0.493 e. The minimum atomic E-state index is -0.978. The van der Waals surface area contributed by atoms with Gasteiger partial charge in [0.15, 0.2) is 11.5 Å². The molecule has 0 aliphatic carbocycles. The summed E-state index contributed by atoms with van der Waals surface area (Å²) < 4.78 is 11.2. The Hall–Kier alpha value is -1.76. The van der Waals surface area contributed by atoms with Crippen LogP contribution in [-0.2, 0) is 16.0 Å². The summed E-state index contributed by atoms with van der Waals surface area (Å²) >= 11 is 3.40. The molecule has 0 radical (unpaired) electrons. The van der Waals surface area contributed by atoms with Gasteiger partial charge in [-0.1, -0.05) is 0 Å². The molecule has 0 bridgehead atoms. The lowest BCUT2D eigenvalue weighted by atomic mass is 10.1. The molecule has 0 unspecified atom stereocenters. The molecule has 116 valence electrons. The fraction of sp³-hybridized carbons (Fsp3) is 0.429. The first-order chi connectivity index (χ1) is 9.97. The maximum Gasteiger partial charge on any atom is 0.303 e. The van der Waals surface area contributed by atoms with E-state index in [2.05, 4.69) is 21.2 Å². The quantitative estimate of drug-likeness (QED) is 0.741. The van der Waals surface area contributed by atoms with E-state index in [1.54, 1.807) is 14.2 Å². The van der Waals surface area contributed by atoms with E-state index in [0.717, 1.165) is 10.0 Å². The van der Waals surface area contributed by atoms with Crippen molar-refractivity contribution >= 4 is 27.8 Å². The second-order valence-corrected chi connectivity index (χ2v) is 5.16. The van der Waals surface area contributed by atoms with Gasteiger partial charge in [-0.3, -0.25) is 9.59 Å². The fourth-order valence-corrected chi connectivity index (χ4v) is 2.42. The predicted octanol–water partition coefficient (Wildman–Crippen LogP) is 1.99. The molecule has 21 heavy (non-hydrogen) atoms. The van der Waals surface area contributed by atoms with E-state index in [1.165, 1.54) is 0 Å². The van der Waals surface area contributed by atoms with E-state index in [4.69, 9.17) is 14.6 Å². The number of carboxylic acid groups (broad SMARTS) is 1. The number of amides is 1. The van der Waals surface area contributed by atoms with Gasteiger partial charge in [0.1, 0.15) is 0 Å². The zero-order valence-corrected chi connectivity index (χ0v) is 13.5. The van der Waals surface area contributed by atoms with Gasteiger partial charge in [0.05, 0.1) is 25.1 Å². The third kappa shape index (κ3) is 5.63. The van der Waals surface area contributed by atoms with Crippen LogP contribution in [0.4, 0.5) is 0 Å². The van der Waals surface area contributed by atoms with Gasteiger partial charge >= 0.3 is 5.97 Å². The Kier molecular flexibility index (Phi) is 7.01. The molecule has 0 heterocycles. The average molecular weight is 360 g/mol. The number of halogens is 1. The molecule has 0 atom stereocenters. The van der Waals surface area contributed by atoms with Gasteiger partial charge in [-0.05, 0) is 40.0 Å². The van der Waals surface area contributed by atoms with E-state index >= 15 is 0 Å². The average Bonchev–Trinajstić information content (AvgIpc) is 2.44. The molecule has 0 aromatic heterocycles. The predicted molar refractivity (Wildman–Crippen MR) is 80.8 cm³/mol. The molecule has 1 aromatic carbocycles. The van der Waals surface area contributed by atoms with Gasteiger partial charge < -0.3 is 19.9 Å². The summed E-state index contributed by atoms with van der Waals surface area (Å²) in [5.41, 5.74) is 0.970. The molecule has 1 rings (SSSR count). The Morgan fingerprint density at radius 3 is 2.52 bits per heavy atom. The van der Waals surface area contributed by atoms with Crippen molar-refractivity contribution in [1.29, 1.82) is 0 Å². The van der Waals surface area contributed by atoms with E-state index in [9.17, 15) is 9.59 Å². The van der Waals surface area contributed by atoms with Gasteiger partial charge in [0.25, 0.3) is 0 Å². The first-order valence-electron chi connectivity index (χ1n) is 6.36. The number of rotatable bonds is 8. The number of nitrogens with one attached hydrogen (secondary N) is 1. The van der Waals surface area contributed by atoms with Crippen molar-refractivity contribution in [2.45, 2.75) is 19.3 Å². The van der Waals surface area contributed by atoms with Crippen LogP contribution in [0.1, 0.15) is 18.4 Å². The van der Waals surface area contributed by atoms with Gasteiger partial charge in [0.2, 0.25) is 5.91 Å². The summed E-state index contributed by atoms with van der Waals surface area (Å²) in [5, 5.41) is 11.2. The zero-order chi connectivity index (χ0) is 15.8. The first-order valence-corrected chi connectivity index (χ1v) is 7.16. The molecular weight excluding hydrogens is 342 g/mol. The first kappa shape index (κ1) is 17.3. The highest BCUT2D eigenvalue weighted by molar-refractivity contribution is 9.10. The minimum Gasteiger partial charge on any atom is -0.493 e. The van der Waals surface area contributed by atoms with Crippen LogP contribution < -0.4 is 14.8 Å². The van der Waals surface area contributed by atoms with Crippen molar-refractivity contribution in [3.63, 3.8) is 0 Å². The van der Waals surface area contributed by atoms with Crippen LogP contribution in [0, 0.1) is 0 Å². The molecule has 7 heteroatoms. The second kappa shape index (κ2) is 8.51. The normalized spacial score (nSPS) is 10.0. The van der Waals surface area contributed by atoms with Gasteiger partial charge in [-0.25, -0.2) is 0 Å². The molecule has 0 saturated carbocycles. The van der Waals surface area contributed by atoms with Crippen LogP contribution in [-0.4, -0.2) is 37.7 Å². The van der Waals surface area contributed by atoms with E-state index in [-0.39, 0.29) is 18.7 Å². The minimum absolute atomic E-state index is 0.00897. The zero-order valence-electron chi connectivity index (χ0n) is 11.9. The molecular formula is C14H18BrNO5. The summed E-state index contributed by atoms with van der Waals surface area (Å²) in [7, 11) is 3.12. The number of methoxy groups -OCH3 is 2. The highest BCUT2D eigenvalue weighted by Gasteiger charge is 2.11. The number of carboxylic acids is 1. The Balaban J connectivity index is 2.54. The monoisotopic (exact) mass is 359 g/mol. The Morgan fingerprint density at radius 1 is 1.24 bits per heavy atom. The van der Waals surface area contributed by atoms with Gasteiger partial charge in [-0.15, -0.1) is 0 Å². The van der Waals surface area contributed by atoms with E-state index in [0.29, 0.717) is 24.5 Å². The van der Waals surface area contributed by atoms with Crippen LogP contribution in [0.2, 0.25) is 0 Å². The Morgan fingerprint density at radius 2 is 1.95 bits per heavy atom. The number of benzene rings is 1. The molecule has 0 saturated heterocycles. The maximum absolute atomic E-state index is 11.4. The highest BCUT2D eigenvalue weighted by Crippen LogP contribution is 2.36. The third-order valence-electron chi connectivity index (χ3n) is 2.80. The smallest absolute Gasteiger partial charge is 0.303 e. The fourth-order valence-electron chi connectivity index (χ4n) is 1.77. The van der Waals surface area contributed by atoms with Gasteiger partial charge in [-0.2, -0.15) is 0 Å². The number of carbonyl (C=O) groups excluding carboxylic acids is 1. The van der Waals surface area contributed by atoms with Crippen molar-refractivity contribution in [2.24, 2.45) is 0 Å². The number of aliphatic carboxylic acids is 1. The summed E-state index contributed by atoms with van der Waals surface area (Å²) in [6, 6.07) is 3.73. The van der Waals surface area contributed by atoms with Crippen LogP contribution in [0.25, 0.3) is 0 Å². The molecule has 1 amide bonds. The SMILES string of the molecule is COc1cc(CCNC(=O)CCC(=O)O)cc(Br)c1OC. The van der Waals surface area contributed by atoms with E-state index in [1.807, 2.05) is 12.1 Å². The lowest BCUT2D eigenvalue weighted by Crippen LogP contribution is -2.26. The van der Waals surface area contributed by atoms with Crippen molar-refractivity contribution < 1.29 is 24.2 Å². The van der Waals surface area contributed by atoms with Crippen LogP contribution >= 0.6 is 15.9 Å². The molecule has 0 fully saturated rings. The topological polar surface area (TPSA) is 84.9 Å². The molecule has 0 aliphatic heterocycles. The summed E-state index contributed by atoms with van der Waals surface area (Å²) in [4.78, 5) is 21.8. The number of ether oxygens (including phenoxy) is 2.